The van der Waals surface area contributed by atoms with Crippen molar-refractivity contribution in [2.75, 3.05) is 13.2 Å². The van der Waals surface area contributed by atoms with Gasteiger partial charge in [-0.2, -0.15) is 0 Å². The molecule has 0 unspecified atom stereocenters. The Kier molecular flexibility index (Phi) is 4.20. The molecule has 0 fully saturated rings. The summed E-state index contributed by atoms with van der Waals surface area (Å²) in [5.74, 6) is 1.75. The van der Waals surface area contributed by atoms with Crippen LogP contribution in [0.5, 0.6) is 0 Å². The number of rotatable bonds is 5. The van der Waals surface area contributed by atoms with Gasteiger partial charge in [0.15, 0.2) is 5.76 Å². The first-order chi connectivity index (χ1) is 8.29. The quantitative estimate of drug-likeness (QED) is 0.795. The van der Waals surface area contributed by atoms with Gasteiger partial charge >= 0.3 is 0 Å². The topological polar surface area (TPSA) is 50.0 Å². The van der Waals surface area contributed by atoms with Gasteiger partial charge in [0.25, 0.3) is 0 Å². The number of benzene rings is 1. The predicted octanol–water partition coefficient (Wildman–Crippen LogP) is 1.66. The van der Waals surface area contributed by atoms with E-state index < -0.39 is 0 Å². The smallest absolute Gasteiger partial charge is 0.158 e. The molecule has 1 heterocycles. The summed E-state index contributed by atoms with van der Waals surface area (Å²) in [5, 5.41) is 11.4. The molecule has 0 radical (unpaired) electrons. The predicted molar refractivity (Wildman–Crippen MR) is 66.7 cm³/mol. The zero-order valence-corrected chi connectivity index (χ0v) is 10.2. The molecule has 0 spiro atoms. The maximum absolute atomic E-state index is 8.68. The summed E-state index contributed by atoms with van der Waals surface area (Å²) in [5.41, 5.74) is 1.02. The summed E-state index contributed by atoms with van der Waals surface area (Å²) in [6.45, 7) is 1.62. The fourth-order valence-corrected chi connectivity index (χ4v) is 1.72. The molecule has 90 valence electrons. The van der Waals surface area contributed by atoms with Gasteiger partial charge in [-0.1, -0.05) is 11.6 Å². The molecule has 0 amide bonds. The summed E-state index contributed by atoms with van der Waals surface area (Å²) in [6, 6.07) is 11.5. The maximum Gasteiger partial charge on any atom is 0.158 e. The van der Waals surface area contributed by atoms with E-state index in [-0.39, 0.29) is 6.61 Å². The maximum atomic E-state index is 8.68. The first kappa shape index (κ1) is 12.2. The van der Waals surface area contributed by atoms with Gasteiger partial charge in [0.2, 0.25) is 0 Å². The number of nitrogens with two attached hydrogens (primary N) is 1. The highest BCUT2D eigenvalue weighted by Crippen LogP contribution is 2.23. The minimum atomic E-state index is 0.185. The fourth-order valence-electron chi connectivity index (χ4n) is 1.59. The minimum absolute atomic E-state index is 0.185. The second-order valence-electron chi connectivity index (χ2n) is 3.78. The Morgan fingerprint density at radius 2 is 1.88 bits per heavy atom. The SMILES string of the molecule is OCC[NH2+]Cc1ccc(-c2ccc(Cl)cc2)o1. The van der Waals surface area contributed by atoms with Crippen molar-refractivity contribution < 1.29 is 14.8 Å². The summed E-state index contributed by atoms with van der Waals surface area (Å²) < 4.78 is 5.70. The minimum Gasteiger partial charge on any atom is -0.455 e. The molecule has 0 saturated heterocycles. The standard InChI is InChI=1S/C13H14ClNO2/c14-11-3-1-10(2-4-11)13-6-5-12(17-13)9-15-7-8-16/h1-6,15-16H,7-9H2/p+1. The third-order valence-corrected chi connectivity index (χ3v) is 2.72. The lowest BCUT2D eigenvalue weighted by Crippen LogP contribution is -2.83. The lowest BCUT2D eigenvalue weighted by molar-refractivity contribution is -0.673. The summed E-state index contributed by atoms with van der Waals surface area (Å²) in [4.78, 5) is 0. The van der Waals surface area contributed by atoms with Gasteiger partial charge in [-0.25, -0.2) is 0 Å². The van der Waals surface area contributed by atoms with Crippen LogP contribution in [0, 0.1) is 0 Å². The van der Waals surface area contributed by atoms with Gasteiger partial charge in [-0.3, -0.25) is 0 Å². The highest BCUT2D eigenvalue weighted by Gasteiger charge is 2.05. The van der Waals surface area contributed by atoms with Crippen molar-refractivity contribution in [2.24, 2.45) is 0 Å². The molecule has 2 rings (SSSR count). The molecular formula is C13H15ClNO2+. The molecule has 0 atom stereocenters. The molecule has 17 heavy (non-hydrogen) atoms. The lowest BCUT2D eigenvalue weighted by atomic mass is 10.2. The van der Waals surface area contributed by atoms with E-state index in [4.69, 9.17) is 21.1 Å². The van der Waals surface area contributed by atoms with E-state index in [1.165, 1.54) is 0 Å². The van der Waals surface area contributed by atoms with E-state index in [1.54, 1.807) is 0 Å². The zero-order valence-electron chi connectivity index (χ0n) is 9.40. The number of quaternary nitrogens is 1. The van der Waals surface area contributed by atoms with Crippen molar-refractivity contribution in [3.8, 4) is 11.3 Å². The molecule has 1 aromatic heterocycles. The van der Waals surface area contributed by atoms with Crippen LogP contribution in [-0.2, 0) is 6.54 Å². The number of hydrogen-bond donors (Lipinski definition) is 2. The van der Waals surface area contributed by atoms with Crippen LogP contribution < -0.4 is 5.32 Å². The third-order valence-electron chi connectivity index (χ3n) is 2.47. The highest BCUT2D eigenvalue weighted by atomic mass is 35.5. The van der Waals surface area contributed by atoms with E-state index in [1.807, 2.05) is 41.7 Å². The van der Waals surface area contributed by atoms with Crippen LogP contribution in [0.3, 0.4) is 0 Å². The Balaban J connectivity index is 2.04. The third kappa shape index (κ3) is 3.33. The molecule has 0 aliphatic carbocycles. The molecule has 4 heteroatoms. The fraction of sp³-hybridized carbons (Fsp3) is 0.231. The van der Waals surface area contributed by atoms with Gasteiger partial charge in [0, 0.05) is 10.6 Å². The van der Waals surface area contributed by atoms with Gasteiger partial charge in [-0.05, 0) is 36.4 Å². The van der Waals surface area contributed by atoms with Gasteiger partial charge in [-0.15, -0.1) is 0 Å². The molecule has 3 nitrogen and oxygen atoms in total. The zero-order chi connectivity index (χ0) is 12.1. The van der Waals surface area contributed by atoms with Crippen LogP contribution in [0.25, 0.3) is 11.3 Å². The highest BCUT2D eigenvalue weighted by molar-refractivity contribution is 6.30. The Labute approximate surface area is 105 Å². The van der Waals surface area contributed by atoms with Crippen molar-refractivity contribution in [1.82, 2.24) is 0 Å². The second kappa shape index (κ2) is 5.87. The van der Waals surface area contributed by atoms with Gasteiger partial charge in [0.1, 0.15) is 12.3 Å². The summed E-state index contributed by atoms with van der Waals surface area (Å²) in [7, 11) is 0. The van der Waals surface area contributed by atoms with Crippen LogP contribution >= 0.6 is 11.6 Å². The Hall–Kier alpha value is -1.29. The van der Waals surface area contributed by atoms with E-state index >= 15 is 0 Å². The number of furan rings is 1. The van der Waals surface area contributed by atoms with Crippen molar-refractivity contribution in [3.05, 3.63) is 47.2 Å². The first-order valence-corrected chi connectivity index (χ1v) is 5.94. The molecule has 0 aliphatic rings. The number of halogens is 1. The molecule has 1 aromatic carbocycles. The van der Waals surface area contributed by atoms with Gasteiger partial charge < -0.3 is 14.8 Å². The van der Waals surface area contributed by atoms with Crippen molar-refractivity contribution in [3.63, 3.8) is 0 Å². The Morgan fingerprint density at radius 3 is 2.59 bits per heavy atom. The molecule has 0 aliphatic heterocycles. The second-order valence-corrected chi connectivity index (χ2v) is 4.21. The monoisotopic (exact) mass is 252 g/mol. The van der Waals surface area contributed by atoms with E-state index in [9.17, 15) is 0 Å². The molecular weight excluding hydrogens is 238 g/mol. The van der Waals surface area contributed by atoms with E-state index in [2.05, 4.69) is 0 Å². The van der Waals surface area contributed by atoms with Crippen molar-refractivity contribution in [2.45, 2.75) is 6.54 Å². The lowest BCUT2D eigenvalue weighted by Gasteiger charge is -1.98. The van der Waals surface area contributed by atoms with Crippen LogP contribution in [0.4, 0.5) is 0 Å². The number of hydrogen-bond acceptors (Lipinski definition) is 2. The van der Waals surface area contributed by atoms with Crippen molar-refractivity contribution >= 4 is 11.6 Å². The van der Waals surface area contributed by atoms with Crippen LogP contribution in [0.2, 0.25) is 5.02 Å². The number of aliphatic hydroxyl groups excluding tert-OH is 1. The average Bonchev–Trinajstić information content (AvgIpc) is 2.79. The average molecular weight is 253 g/mol. The first-order valence-electron chi connectivity index (χ1n) is 5.57. The number of aliphatic hydroxyl groups is 1. The molecule has 3 N–H and O–H groups in total. The van der Waals surface area contributed by atoms with Crippen LogP contribution in [-0.4, -0.2) is 18.3 Å². The molecule has 2 aromatic rings. The van der Waals surface area contributed by atoms with Gasteiger partial charge in [0.05, 0.1) is 13.2 Å². The van der Waals surface area contributed by atoms with E-state index in [0.29, 0.717) is 6.54 Å². The van der Waals surface area contributed by atoms with E-state index in [0.717, 1.165) is 28.7 Å². The summed E-state index contributed by atoms with van der Waals surface area (Å²) in [6.07, 6.45) is 0. The van der Waals surface area contributed by atoms with Crippen molar-refractivity contribution in [1.29, 1.82) is 0 Å². The largest absolute Gasteiger partial charge is 0.455 e. The molecule has 0 bridgehead atoms. The molecule has 0 saturated carbocycles. The Bertz CT molecular complexity index is 465. The normalized spacial score (nSPS) is 10.7. The van der Waals surface area contributed by atoms with Crippen LogP contribution in [0.15, 0.2) is 40.8 Å². The summed E-state index contributed by atoms with van der Waals surface area (Å²) >= 11 is 5.83. The Morgan fingerprint density at radius 1 is 1.12 bits per heavy atom. The van der Waals surface area contributed by atoms with Crippen LogP contribution in [0.1, 0.15) is 5.76 Å².